The molecule has 0 unspecified atom stereocenters. The third-order valence-electron chi connectivity index (χ3n) is 3.51. The topological polar surface area (TPSA) is 62.3 Å². The molecular formula is C19H23N3O2. The average molecular weight is 325 g/mol. The highest BCUT2D eigenvalue weighted by atomic mass is 16.2. The smallest absolute Gasteiger partial charge is 0.272 e. The van der Waals surface area contributed by atoms with Crippen molar-refractivity contribution in [2.24, 2.45) is 0 Å². The quantitative estimate of drug-likeness (QED) is 0.888. The third-order valence-corrected chi connectivity index (χ3v) is 3.51. The first-order valence-corrected chi connectivity index (χ1v) is 8.12. The number of hydrogen-bond acceptors (Lipinski definition) is 3. The van der Waals surface area contributed by atoms with E-state index >= 15 is 0 Å². The maximum absolute atomic E-state index is 12.7. The van der Waals surface area contributed by atoms with E-state index in [1.54, 1.807) is 23.1 Å². The van der Waals surface area contributed by atoms with E-state index in [1.165, 1.54) is 0 Å². The number of pyridine rings is 1. The first-order valence-electron chi connectivity index (χ1n) is 8.12. The Bertz CT molecular complexity index is 699. The van der Waals surface area contributed by atoms with Gasteiger partial charge in [0.25, 0.3) is 11.8 Å². The SMILES string of the molecule is CCN(Cc1ccccc1)C(=O)c1cccc(C(=O)NC(C)C)n1. The number of carbonyl (C=O) groups is 2. The van der Waals surface area contributed by atoms with Crippen molar-refractivity contribution in [2.45, 2.75) is 33.4 Å². The van der Waals surface area contributed by atoms with Crippen molar-refractivity contribution < 1.29 is 9.59 Å². The Hall–Kier alpha value is -2.69. The van der Waals surface area contributed by atoms with Crippen LogP contribution >= 0.6 is 0 Å². The van der Waals surface area contributed by atoms with Gasteiger partial charge in [0.1, 0.15) is 11.4 Å². The molecule has 0 saturated carbocycles. The molecule has 0 atom stereocenters. The van der Waals surface area contributed by atoms with Gasteiger partial charge in [0.05, 0.1) is 0 Å². The van der Waals surface area contributed by atoms with Gasteiger partial charge >= 0.3 is 0 Å². The minimum Gasteiger partial charge on any atom is -0.349 e. The van der Waals surface area contributed by atoms with E-state index in [-0.39, 0.29) is 29.2 Å². The van der Waals surface area contributed by atoms with E-state index < -0.39 is 0 Å². The molecule has 0 fully saturated rings. The van der Waals surface area contributed by atoms with Gasteiger partial charge in [-0.3, -0.25) is 9.59 Å². The molecule has 126 valence electrons. The van der Waals surface area contributed by atoms with Gasteiger partial charge in [-0.1, -0.05) is 36.4 Å². The largest absolute Gasteiger partial charge is 0.349 e. The molecule has 24 heavy (non-hydrogen) atoms. The Morgan fingerprint density at radius 2 is 1.71 bits per heavy atom. The highest BCUT2D eigenvalue weighted by Gasteiger charge is 2.18. The molecule has 0 aliphatic carbocycles. The minimum atomic E-state index is -0.272. The summed E-state index contributed by atoms with van der Waals surface area (Å²) in [5, 5.41) is 2.78. The van der Waals surface area contributed by atoms with E-state index in [9.17, 15) is 9.59 Å². The van der Waals surface area contributed by atoms with Crippen LogP contribution in [0, 0.1) is 0 Å². The second-order valence-corrected chi connectivity index (χ2v) is 5.84. The lowest BCUT2D eigenvalue weighted by Crippen LogP contribution is -2.33. The lowest BCUT2D eigenvalue weighted by Gasteiger charge is -2.20. The van der Waals surface area contributed by atoms with Crippen LogP contribution in [0.2, 0.25) is 0 Å². The maximum atomic E-state index is 12.7. The van der Waals surface area contributed by atoms with Gasteiger partial charge in [0.2, 0.25) is 0 Å². The normalized spacial score (nSPS) is 10.5. The predicted octanol–water partition coefficient (Wildman–Crippen LogP) is 2.88. The fraction of sp³-hybridized carbons (Fsp3) is 0.316. The van der Waals surface area contributed by atoms with Crippen LogP contribution in [0.15, 0.2) is 48.5 Å². The second-order valence-electron chi connectivity index (χ2n) is 5.84. The summed E-state index contributed by atoms with van der Waals surface area (Å²) in [5.41, 5.74) is 1.59. The number of aromatic nitrogens is 1. The molecule has 1 heterocycles. The number of benzene rings is 1. The maximum Gasteiger partial charge on any atom is 0.272 e. The number of amides is 2. The zero-order valence-electron chi connectivity index (χ0n) is 14.3. The predicted molar refractivity (Wildman–Crippen MR) is 93.7 cm³/mol. The lowest BCUT2D eigenvalue weighted by molar-refractivity contribution is 0.0746. The van der Waals surface area contributed by atoms with Gasteiger partial charge in [-0.2, -0.15) is 0 Å². The number of hydrogen-bond donors (Lipinski definition) is 1. The van der Waals surface area contributed by atoms with Crippen LogP contribution < -0.4 is 5.32 Å². The molecule has 0 radical (unpaired) electrons. The van der Waals surface area contributed by atoms with Crippen LogP contribution in [-0.2, 0) is 6.54 Å². The lowest BCUT2D eigenvalue weighted by atomic mass is 10.2. The van der Waals surface area contributed by atoms with Gasteiger partial charge in [-0.05, 0) is 38.5 Å². The Morgan fingerprint density at radius 3 is 2.33 bits per heavy atom. The van der Waals surface area contributed by atoms with Crippen LogP contribution in [0.25, 0.3) is 0 Å². The van der Waals surface area contributed by atoms with Crippen molar-refractivity contribution in [3.05, 3.63) is 65.5 Å². The Kier molecular flexibility index (Phi) is 6.07. The Morgan fingerprint density at radius 1 is 1.04 bits per heavy atom. The number of nitrogens with one attached hydrogen (secondary N) is 1. The molecule has 0 spiro atoms. The summed E-state index contributed by atoms with van der Waals surface area (Å²) >= 11 is 0. The van der Waals surface area contributed by atoms with Crippen LogP contribution in [0.3, 0.4) is 0 Å². The van der Waals surface area contributed by atoms with E-state index in [2.05, 4.69) is 10.3 Å². The van der Waals surface area contributed by atoms with Crippen LogP contribution in [0.1, 0.15) is 47.3 Å². The van der Waals surface area contributed by atoms with Crippen LogP contribution in [0.5, 0.6) is 0 Å². The van der Waals surface area contributed by atoms with E-state index in [4.69, 9.17) is 0 Å². The summed E-state index contributed by atoms with van der Waals surface area (Å²) < 4.78 is 0. The van der Waals surface area contributed by atoms with Gasteiger partial charge in [0, 0.05) is 19.1 Å². The molecule has 0 aliphatic rings. The molecule has 2 aromatic rings. The van der Waals surface area contributed by atoms with Crippen molar-refractivity contribution in [1.82, 2.24) is 15.2 Å². The molecule has 0 aliphatic heterocycles. The summed E-state index contributed by atoms with van der Waals surface area (Å²) in [4.78, 5) is 30.7. The molecule has 0 saturated heterocycles. The summed E-state index contributed by atoms with van der Waals surface area (Å²) in [6, 6.07) is 14.8. The van der Waals surface area contributed by atoms with Gasteiger partial charge in [-0.25, -0.2) is 4.98 Å². The summed E-state index contributed by atoms with van der Waals surface area (Å²) in [6.45, 7) is 6.77. The van der Waals surface area contributed by atoms with E-state index in [0.717, 1.165) is 5.56 Å². The van der Waals surface area contributed by atoms with Gasteiger partial charge in [-0.15, -0.1) is 0 Å². The second kappa shape index (κ2) is 8.24. The van der Waals surface area contributed by atoms with Crippen molar-refractivity contribution in [3.8, 4) is 0 Å². The van der Waals surface area contributed by atoms with E-state index in [1.807, 2.05) is 51.1 Å². The molecule has 2 rings (SSSR count). The van der Waals surface area contributed by atoms with Crippen molar-refractivity contribution >= 4 is 11.8 Å². The Labute approximate surface area is 142 Å². The summed E-state index contributed by atoms with van der Waals surface area (Å²) in [5.74, 6) is -0.452. The average Bonchev–Trinajstić information content (AvgIpc) is 2.59. The van der Waals surface area contributed by atoms with Gasteiger partial charge < -0.3 is 10.2 Å². The van der Waals surface area contributed by atoms with Crippen molar-refractivity contribution in [1.29, 1.82) is 0 Å². The highest BCUT2D eigenvalue weighted by molar-refractivity contribution is 5.96. The monoisotopic (exact) mass is 325 g/mol. The molecule has 1 N–H and O–H groups in total. The molecule has 0 bridgehead atoms. The van der Waals surface area contributed by atoms with Crippen LogP contribution in [-0.4, -0.2) is 34.3 Å². The zero-order chi connectivity index (χ0) is 17.5. The van der Waals surface area contributed by atoms with Crippen molar-refractivity contribution in [2.75, 3.05) is 6.54 Å². The van der Waals surface area contributed by atoms with Crippen molar-refractivity contribution in [3.63, 3.8) is 0 Å². The van der Waals surface area contributed by atoms with E-state index in [0.29, 0.717) is 13.1 Å². The molecule has 5 nitrogen and oxygen atoms in total. The first kappa shape index (κ1) is 17.7. The molecule has 1 aromatic carbocycles. The standard InChI is InChI=1S/C19H23N3O2/c1-4-22(13-15-9-6-5-7-10-15)19(24)17-12-8-11-16(21-17)18(23)20-14(2)3/h5-12,14H,4,13H2,1-3H3,(H,20,23). The fourth-order valence-electron chi connectivity index (χ4n) is 2.31. The fourth-order valence-corrected chi connectivity index (χ4v) is 2.31. The molecule has 5 heteroatoms. The molecule has 2 amide bonds. The minimum absolute atomic E-state index is 0.0175. The number of rotatable bonds is 6. The number of carbonyl (C=O) groups excluding carboxylic acids is 2. The first-order chi connectivity index (χ1) is 11.5. The molecule has 1 aromatic heterocycles. The zero-order valence-corrected chi connectivity index (χ0v) is 14.3. The number of nitrogens with zero attached hydrogens (tertiary/aromatic N) is 2. The summed E-state index contributed by atoms with van der Waals surface area (Å²) in [7, 11) is 0. The Balaban J connectivity index is 2.17. The summed E-state index contributed by atoms with van der Waals surface area (Å²) in [6.07, 6.45) is 0. The highest BCUT2D eigenvalue weighted by Crippen LogP contribution is 2.09. The van der Waals surface area contributed by atoms with Gasteiger partial charge in [0.15, 0.2) is 0 Å². The van der Waals surface area contributed by atoms with Crippen LogP contribution in [0.4, 0.5) is 0 Å². The third kappa shape index (κ3) is 4.65. The molecular weight excluding hydrogens is 302 g/mol.